The van der Waals surface area contributed by atoms with Crippen LogP contribution < -0.4 is 4.74 Å². The summed E-state index contributed by atoms with van der Waals surface area (Å²) >= 11 is 0. The molecule has 18 heavy (non-hydrogen) atoms. The van der Waals surface area contributed by atoms with Crippen LogP contribution in [0.25, 0.3) is 11.5 Å². The van der Waals surface area contributed by atoms with Crippen molar-refractivity contribution in [2.45, 2.75) is 13.3 Å². The summed E-state index contributed by atoms with van der Waals surface area (Å²) in [5.74, 6) is 1.02. The summed E-state index contributed by atoms with van der Waals surface area (Å²) in [6.07, 6.45) is 0.424. The van der Waals surface area contributed by atoms with Crippen molar-refractivity contribution >= 4 is 0 Å². The van der Waals surface area contributed by atoms with Crippen molar-refractivity contribution in [3.63, 3.8) is 0 Å². The minimum atomic E-state index is -0.166. The number of nitrogens with zero attached hydrogens (tertiary/aromatic N) is 5. The van der Waals surface area contributed by atoms with Gasteiger partial charge in [0.2, 0.25) is 17.6 Å². The Labute approximate surface area is 103 Å². The molecule has 2 heterocycles. The zero-order valence-corrected chi connectivity index (χ0v) is 9.99. The van der Waals surface area contributed by atoms with Crippen LogP contribution in [0.1, 0.15) is 12.8 Å². The summed E-state index contributed by atoms with van der Waals surface area (Å²) in [6.45, 7) is 1.79. The highest BCUT2D eigenvalue weighted by Gasteiger charge is 2.13. The van der Waals surface area contributed by atoms with Crippen LogP contribution >= 0.6 is 0 Å². The molecule has 0 saturated heterocycles. The Hall–Kier alpha value is -2.49. The maximum absolute atomic E-state index is 8.70. The summed E-state index contributed by atoms with van der Waals surface area (Å²) in [4.78, 5) is 4.15. The van der Waals surface area contributed by atoms with Gasteiger partial charge in [0.05, 0.1) is 19.1 Å². The second-order valence-electron chi connectivity index (χ2n) is 3.71. The first-order chi connectivity index (χ1) is 8.72. The van der Waals surface area contributed by atoms with E-state index in [1.165, 1.54) is 7.11 Å². The first-order valence-corrected chi connectivity index (χ1v) is 5.33. The van der Waals surface area contributed by atoms with Crippen molar-refractivity contribution in [2.75, 3.05) is 7.11 Å². The minimum absolute atomic E-state index is 0.166. The van der Waals surface area contributed by atoms with Gasteiger partial charge in [-0.05, 0) is 13.0 Å². The van der Waals surface area contributed by atoms with E-state index in [2.05, 4.69) is 26.4 Å². The van der Waals surface area contributed by atoms with Gasteiger partial charge in [0.25, 0.3) is 0 Å². The SMILES string of the molecule is COc1ccc(-c2noc(CC(C)C#N)n2)nn1. The number of hydrogen-bond acceptors (Lipinski definition) is 7. The lowest BCUT2D eigenvalue weighted by molar-refractivity contribution is 0.369. The highest BCUT2D eigenvalue weighted by molar-refractivity contribution is 5.47. The van der Waals surface area contributed by atoms with Gasteiger partial charge in [-0.1, -0.05) is 5.16 Å². The van der Waals surface area contributed by atoms with Crippen LogP contribution in [0, 0.1) is 17.2 Å². The normalized spacial score (nSPS) is 11.8. The number of methoxy groups -OCH3 is 1. The fourth-order valence-electron chi connectivity index (χ4n) is 1.30. The van der Waals surface area contributed by atoms with Crippen LogP contribution in [-0.4, -0.2) is 27.4 Å². The smallest absolute Gasteiger partial charge is 0.233 e. The number of nitriles is 1. The van der Waals surface area contributed by atoms with Crippen molar-refractivity contribution < 1.29 is 9.26 Å². The molecule has 0 aliphatic carbocycles. The van der Waals surface area contributed by atoms with Crippen molar-refractivity contribution in [3.05, 3.63) is 18.0 Å². The fourth-order valence-corrected chi connectivity index (χ4v) is 1.30. The molecule has 0 aliphatic rings. The molecule has 0 aromatic carbocycles. The van der Waals surface area contributed by atoms with Crippen LogP contribution in [0.3, 0.4) is 0 Å². The maximum Gasteiger partial charge on any atom is 0.233 e. The molecule has 0 aliphatic heterocycles. The second-order valence-corrected chi connectivity index (χ2v) is 3.71. The van der Waals surface area contributed by atoms with Gasteiger partial charge < -0.3 is 9.26 Å². The molecule has 1 atom stereocenters. The number of rotatable bonds is 4. The van der Waals surface area contributed by atoms with Gasteiger partial charge in [-0.25, -0.2) is 0 Å². The third-order valence-electron chi connectivity index (χ3n) is 2.25. The van der Waals surface area contributed by atoms with E-state index in [-0.39, 0.29) is 5.92 Å². The summed E-state index contributed by atoms with van der Waals surface area (Å²) in [6, 6.07) is 5.46. The predicted molar refractivity (Wildman–Crippen MR) is 60.4 cm³/mol. The molecule has 0 amide bonds. The molecule has 0 N–H and O–H groups in total. The zero-order chi connectivity index (χ0) is 13.0. The number of hydrogen-bond donors (Lipinski definition) is 0. The molecule has 7 nitrogen and oxygen atoms in total. The molecular formula is C11H11N5O2. The lowest BCUT2D eigenvalue weighted by Crippen LogP contribution is -1.96. The van der Waals surface area contributed by atoms with Gasteiger partial charge in [-0.15, -0.1) is 10.2 Å². The molecule has 2 aromatic rings. The van der Waals surface area contributed by atoms with E-state index in [0.29, 0.717) is 29.7 Å². The van der Waals surface area contributed by atoms with Crippen LogP contribution in [0.4, 0.5) is 0 Å². The first kappa shape index (κ1) is 12.0. The van der Waals surface area contributed by atoms with Crippen LogP contribution in [-0.2, 0) is 6.42 Å². The molecule has 2 aromatic heterocycles. The molecule has 0 fully saturated rings. The Morgan fingerprint density at radius 3 is 2.89 bits per heavy atom. The topological polar surface area (TPSA) is 97.7 Å². The van der Waals surface area contributed by atoms with Gasteiger partial charge in [-0.2, -0.15) is 10.2 Å². The molecule has 1 unspecified atom stereocenters. The summed E-state index contributed by atoms with van der Waals surface area (Å²) in [7, 11) is 1.51. The van der Waals surface area contributed by atoms with Crippen LogP contribution in [0.5, 0.6) is 5.88 Å². The Kier molecular flexibility index (Phi) is 3.48. The number of aromatic nitrogens is 4. The largest absolute Gasteiger partial charge is 0.480 e. The minimum Gasteiger partial charge on any atom is -0.480 e. The van der Waals surface area contributed by atoms with E-state index >= 15 is 0 Å². The van der Waals surface area contributed by atoms with Crippen LogP contribution in [0.15, 0.2) is 16.7 Å². The third kappa shape index (κ3) is 2.60. The van der Waals surface area contributed by atoms with Crippen molar-refractivity contribution in [2.24, 2.45) is 5.92 Å². The Morgan fingerprint density at radius 1 is 1.44 bits per heavy atom. The molecular weight excluding hydrogens is 234 g/mol. The number of ether oxygens (including phenoxy) is 1. The van der Waals surface area contributed by atoms with E-state index in [1.807, 2.05) is 0 Å². The molecule has 2 rings (SSSR count). The van der Waals surface area contributed by atoms with E-state index in [0.717, 1.165) is 0 Å². The van der Waals surface area contributed by atoms with Gasteiger partial charge >= 0.3 is 0 Å². The van der Waals surface area contributed by atoms with E-state index < -0.39 is 0 Å². The molecule has 7 heteroatoms. The summed E-state index contributed by atoms with van der Waals surface area (Å²) < 4.78 is 9.94. The molecule has 0 bridgehead atoms. The monoisotopic (exact) mass is 245 g/mol. The van der Waals surface area contributed by atoms with Crippen molar-refractivity contribution in [1.29, 1.82) is 5.26 Å². The average Bonchev–Trinajstić information content (AvgIpc) is 2.87. The zero-order valence-electron chi connectivity index (χ0n) is 9.99. The Bertz CT molecular complexity index is 558. The van der Waals surface area contributed by atoms with E-state index in [1.54, 1.807) is 19.1 Å². The Balaban J connectivity index is 2.16. The maximum atomic E-state index is 8.70. The predicted octanol–water partition coefficient (Wildman–Crippen LogP) is 1.24. The van der Waals surface area contributed by atoms with E-state index in [9.17, 15) is 0 Å². The van der Waals surface area contributed by atoms with Gasteiger partial charge in [-0.3, -0.25) is 0 Å². The second kappa shape index (κ2) is 5.23. The van der Waals surface area contributed by atoms with Crippen molar-refractivity contribution in [3.8, 4) is 23.5 Å². The van der Waals surface area contributed by atoms with Gasteiger partial charge in [0.1, 0.15) is 5.69 Å². The van der Waals surface area contributed by atoms with Gasteiger partial charge in [0.15, 0.2) is 0 Å². The van der Waals surface area contributed by atoms with Crippen LogP contribution in [0.2, 0.25) is 0 Å². The van der Waals surface area contributed by atoms with E-state index in [4.69, 9.17) is 14.5 Å². The lowest BCUT2D eigenvalue weighted by atomic mass is 10.1. The fraction of sp³-hybridized carbons (Fsp3) is 0.364. The molecule has 0 saturated carbocycles. The molecule has 0 radical (unpaired) electrons. The third-order valence-corrected chi connectivity index (χ3v) is 2.25. The summed E-state index contributed by atoms with van der Waals surface area (Å²) in [5, 5.41) is 20.2. The molecule has 92 valence electrons. The lowest BCUT2D eigenvalue weighted by Gasteiger charge is -1.96. The Morgan fingerprint density at radius 2 is 2.28 bits per heavy atom. The molecule has 0 spiro atoms. The average molecular weight is 245 g/mol. The van der Waals surface area contributed by atoms with Crippen molar-refractivity contribution in [1.82, 2.24) is 20.3 Å². The standard InChI is InChI=1S/C11H11N5O2/c1-7(6-12)5-10-13-11(16-18-10)8-3-4-9(17-2)15-14-8/h3-4,7H,5H2,1-2H3. The quantitative estimate of drug-likeness (QED) is 0.798. The first-order valence-electron chi connectivity index (χ1n) is 5.33. The highest BCUT2D eigenvalue weighted by atomic mass is 16.5. The highest BCUT2D eigenvalue weighted by Crippen LogP contribution is 2.15. The summed E-state index contributed by atoms with van der Waals surface area (Å²) in [5.41, 5.74) is 0.496. The van der Waals surface area contributed by atoms with Gasteiger partial charge in [0, 0.05) is 12.5 Å².